The van der Waals surface area contributed by atoms with Gasteiger partial charge in [-0.2, -0.15) is 0 Å². The molecule has 1 heterocycles. The molecule has 25 heavy (non-hydrogen) atoms. The number of carbonyl (C=O) groups is 1. The van der Waals surface area contributed by atoms with Crippen LogP contribution in [0.5, 0.6) is 0 Å². The average Bonchev–Trinajstić information content (AvgIpc) is 2.59. The van der Waals surface area contributed by atoms with Crippen LogP contribution in [0.25, 0.3) is 6.08 Å². The molecule has 130 valence electrons. The molecular weight excluding hydrogens is 308 g/mol. The molecule has 1 amide bonds. The van der Waals surface area contributed by atoms with Crippen molar-refractivity contribution in [1.29, 1.82) is 0 Å². The van der Waals surface area contributed by atoms with Crippen molar-refractivity contribution in [3.8, 4) is 0 Å². The number of fused-ring (bicyclic) bond motifs is 1. The van der Waals surface area contributed by atoms with E-state index in [9.17, 15) is 4.79 Å². The molecule has 0 unspecified atom stereocenters. The van der Waals surface area contributed by atoms with Gasteiger partial charge >= 0.3 is 0 Å². The summed E-state index contributed by atoms with van der Waals surface area (Å²) in [4.78, 5) is 12.2. The molecule has 1 aliphatic rings. The van der Waals surface area contributed by atoms with E-state index in [1.165, 1.54) is 11.1 Å². The molecule has 0 radical (unpaired) electrons. The quantitative estimate of drug-likeness (QED) is 0.776. The van der Waals surface area contributed by atoms with Gasteiger partial charge in [0, 0.05) is 24.0 Å². The highest BCUT2D eigenvalue weighted by atomic mass is 16.1. The van der Waals surface area contributed by atoms with E-state index in [1.54, 1.807) is 6.08 Å². The summed E-state index contributed by atoms with van der Waals surface area (Å²) in [6, 6.07) is 14.4. The van der Waals surface area contributed by atoms with E-state index >= 15 is 0 Å². The first-order chi connectivity index (χ1) is 11.9. The smallest absolute Gasteiger partial charge is 0.248 e. The van der Waals surface area contributed by atoms with Gasteiger partial charge in [0.25, 0.3) is 0 Å². The van der Waals surface area contributed by atoms with E-state index in [-0.39, 0.29) is 11.3 Å². The average molecular weight is 334 g/mol. The number of hydrogen-bond donors (Lipinski definition) is 2. The van der Waals surface area contributed by atoms with Crippen LogP contribution < -0.4 is 10.6 Å². The summed E-state index contributed by atoms with van der Waals surface area (Å²) >= 11 is 0. The van der Waals surface area contributed by atoms with Gasteiger partial charge in [-0.3, -0.25) is 4.79 Å². The summed E-state index contributed by atoms with van der Waals surface area (Å²) < 4.78 is 0. The number of aryl methyl sites for hydroxylation is 1. The Morgan fingerprint density at radius 1 is 1.12 bits per heavy atom. The number of anilines is 2. The van der Waals surface area contributed by atoms with Crippen LogP contribution in [0.1, 0.15) is 43.9 Å². The Morgan fingerprint density at radius 2 is 1.88 bits per heavy atom. The molecular formula is C22H26N2O. The molecule has 3 heteroatoms. The highest BCUT2D eigenvalue weighted by molar-refractivity contribution is 6.02. The normalized spacial score (nSPS) is 14.0. The Bertz CT molecular complexity index is 783. The van der Waals surface area contributed by atoms with Crippen LogP contribution >= 0.6 is 0 Å². The van der Waals surface area contributed by atoms with Crippen LogP contribution in [0, 0.1) is 0 Å². The van der Waals surface area contributed by atoms with Gasteiger partial charge in [0.1, 0.15) is 0 Å². The molecule has 3 nitrogen and oxygen atoms in total. The van der Waals surface area contributed by atoms with Crippen molar-refractivity contribution in [1.82, 2.24) is 0 Å². The molecule has 0 saturated heterocycles. The number of rotatable bonds is 3. The number of benzene rings is 2. The standard InChI is InChI=1S/C22H26N2O/c1-22(2,3)18-10-6-16(7-11-18)8-13-21(25)24-19-12-9-17-5-4-14-23-20(17)15-19/h6-13,15,23H,4-5,14H2,1-3H3,(H,24,25)/b13-8+. The zero-order valence-electron chi connectivity index (χ0n) is 15.2. The number of carbonyl (C=O) groups excluding carboxylic acids is 1. The highest BCUT2D eigenvalue weighted by Gasteiger charge is 2.12. The van der Waals surface area contributed by atoms with E-state index in [1.807, 2.05) is 30.3 Å². The molecule has 0 atom stereocenters. The first kappa shape index (κ1) is 17.3. The SMILES string of the molecule is CC(C)(C)c1ccc(/C=C/C(=O)Nc2ccc3c(c2)NCCC3)cc1. The molecule has 1 aliphatic heterocycles. The van der Waals surface area contributed by atoms with Crippen LogP contribution in [0.4, 0.5) is 11.4 Å². The van der Waals surface area contributed by atoms with Crippen LogP contribution in [-0.4, -0.2) is 12.5 Å². The molecule has 2 aromatic carbocycles. The molecule has 0 aliphatic carbocycles. The fourth-order valence-electron chi connectivity index (χ4n) is 2.99. The Kier molecular flexibility index (Phi) is 4.93. The van der Waals surface area contributed by atoms with Crippen LogP contribution in [0.2, 0.25) is 0 Å². The van der Waals surface area contributed by atoms with Crippen molar-refractivity contribution in [3.05, 3.63) is 65.2 Å². The van der Waals surface area contributed by atoms with Crippen molar-refractivity contribution in [2.75, 3.05) is 17.2 Å². The van der Waals surface area contributed by atoms with Crippen molar-refractivity contribution in [3.63, 3.8) is 0 Å². The maximum Gasteiger partial charge on any atom is 0.248 e. The summed E-state index contributed by atoms with van der Waals surface area (Å²) in [6.45, 7) is 7.57. The lowest BCUT2D eigenvalue weighted by Crippen LogP contribution is -2.13. The number of nitrogens with one attached hydrogen (secondary N) is 2. The highest BCUT2D eigenvalue weighted by Crippen LogP contribution is 2.25. The third-order valence-electron chi connectivity index (χ3n) is 4.52. The first-order valence-corrected chi connectivity index (χ1v) is 8.88. The van der Waals surface area contributed by atoms with Crippen LogP contribution in [-0.2, 0) is 16.6 Å². The zero-order valence-corrected chi connectivity index (χ0v) is 15.2. The Hall–Kier alpha value is -2.55. The lowest BCUT2D eigenvalue weighted by atomic mass is 9.87. The van der Waals surface area contributed by atoms with Gasteiger partial charge < -0.3 is 10.6 Å². The molecule has 3 rings (SSSR count). The maximum atomic E-state index is 12.2. The lowest BCUT2D eigenvalue weighted by Gasteiger charge is -2.19. The van der Waals surface area contributed by atoms with Gasteiger partial charge in [0.2, 0.25) is 5.91 Å². The molecule has 2 aromatic rings. The fourth-order valence-corrected chi connectivity index (χ4v) is 2.99. The molecule has 0 aromatic heterocycles. The Labute approximate surface area is 150 Å². The molecule has 2 N–H and O–H groups in total. The predicted octanol–water partition coefficient (Wildman–Crippen LogP) is 4.99. The molecule has 0 saturated carbocycles. The minimum atomic E-state index is -0.115. The van der Waals surface area contributed by atoms with Gasteiger partial charge in [-0.15, -0.1) is 0 Å². The van der Waals surface area contributed by atoms with Gasteiger partial charge in [-0.25, -0.2) is 0 Å². The van der Waals surface area contributed by atoms with Gasteiger partial charge in [0.05, 0.1) is 0 Å². The van der Waals surface area contributed by atoms with Gasteiger partial charge in [0.15, 0.2) is 0 Å². The largest absolute Gasteiger partial charge is 0.385 e. The van der Waals surface area contributed by atoms with Crippen LogP contribution in [0.3, 0.4) is 0 Å². The third kappa shape index (κ3) is 4.50. The van der Waals surface area contributed by atoms with Gasteiger partial charge in [-0.05, 0) is 53.2 Å². The fraction of sp³-hybridized carbons (Fsp3) is 0.318. The van der Waals surface area contributed by atoms with Gasteiger partial charge in [-0.1, -0.05) is 51.1 Å². The first-order valence-electron chi connectivity index (χ1n) is 8.88. The van der Waals surface area contributed by atoms with E-state index < -0.39 is 0 Å². The van der Waals surface area contributed by atoms with Crippen LogP contribution in [0.15, 0.2) is 48.5 Å². The zero-order chi connectivity index (χ0) is 17.9. The molecule has 0 fully saturated rings. The summed E-state index contributed by atoms with van der Waals surface area (Å²) in [6.07, 6.45) is 5.69. The summed E-state index contributed by atoms with van der Waals surface area (Å²) in [5.41, 5.74) is 5.72. The van der Waals surface area contributed by atoms with Crippen molar-refractivity contribution < 1.29 is 4.79 Å². The minimum absolute atomic E-state index is 0.115. The van der Waals surface area contributed by atoms with Crippen molar-refractivity contribution in [2.45, 2.75) is 39.0 Å². The topological polar surface area (TPSA) is 41.1 Å². The predicted molar refractivity (Wildman–Crippen MR) is 106 cm³/mol. The van der Waals surface area contributed by atoms with E-state index in [0.29, 0.717) is 0 Å². The minimum Gasteiger partial charge on any atom is -0.385 e. The summed E-state index contributed by atoms with van der Waals surface area (Å²) in [5, 5.41) is 6.31. The van der Waals surface area contributed by atoms with E-state index in [0.717, 1.165) is 36.3 Å². The van der Waals surface area contributed by atoms with E-state index in [2.05, 4.69) is 49.6 Å². The second-order valence-electron chi connectivity index (χ2n) is 7.60. The Balaban J connectivity index is 1.63. The molecule has 0 spiro atoms. The monoisotopic (exact) mass is 334 g/mol. The lowest BCUT2D eigenvalue weighted by molar-refractivity contribution is -0.111. The maximum absolute atomic E-state index is 12.2. The third-order valence-corrected chi connectivity index (χ3v) is 4.52. The molecule has 0 bridgehead atoms. The second-order valence-corrected chi connectivity index (χ2v) is 7.60. The summed E-state index contributed by atoms with van der Waals surface area (Å²) in [5.74, 6) is -0.115. The number of amides is 1. The Morgan fingerprint density at radius 3 is 2.60 bits per heavy atom. The van der Waals surface area contributed by atoms with Crippen molar-refractivity contribution >= 4 is 23.4 Å². The van der Waals surface area contributed by atoms with Crippen molar-refractivity contribution in [2.24, 2.45) is 0 Å². The summed E-state index contributed by atoms with van der Waals surface area (Å²) in [7, 11) is 0. The number of hydrogen-bond acceptors (Lipinski definition) is 2. The van der Waals surface area contributed by atoms with E-state index in [4.69, 9.17) is 0 Å². The second kappa shape index (κ2) is 7.14.